The number of amides is 1. The summed E-state index contributed by atoms with van der Waals surface area (Å²) in [6, 6.07) is 0. The minimum atomic E-state index is -0.905. The Morgan fingerprint density at radius 1 is 1.53 bits per heavy atom. The highest BCUT2D eigenvalue weighted by Gasteiger charge is 2.24. The highest BCUT2D eigenvalue weighted by Crippen LogP contribution is 2.09. The second-order valence-corrected chi connectivity index (χ2v) is 4.36. The van der Waals surface area contributed by atoms with Gasteiger partial charge in [-0.05, 0) is 33.1 Å². The monoisotopic (exact) mass is 216 g/mol. The Balaban J connectivity index is 3.58. The number of hydrogen-bond donors (Lipinski definition) is 2. The molecule has 0 saturated carbocycles. The Labute approximate surface area is 92.3 Å². The Kier molecular flexibility index (Phi) is 6.52. The van der Waals surface area contributed by atoms with Crippen LogP contribution in [0.25, 0.3) is 0 Å². The summed E-state index contributed by atoms with van der Waals surface area (Å²) in [5.74, 6) is -0.455. The molecule has 0 aliphatic carbocycles. The average molecular weight is 216 g/mol. The Morgan fingerprint density at radius 2 is 2.13 bits per heavy atom. The average Bonchev–Trinajstić information content (AvgIpc) is 2.13. The van der Waals surface area contributed by atoms with Crippen LogP contribution in [0, 0.1) is 0 Å². The van der Waals surface area contributed by atoms with E-state index in [0.717, 1.165) is 19.3 Å². The van der Waals surface area contributed by atoms with E-state index in [0.29, 0.717) is 13.0 Å². The normalized spacial score (nSPS) is 17.1. The fourth-order valence-electron chi connectivity index (χ4n) is 1.34. The first-order valence-electron chi connectivity index (χ1n) is 5.60. The maximum atomic E-state index is 10.9. The SMILES string of the molecule is CCCC(C)OCCCC(C)(N)C(N)=O. The lowest BCUT2D eigenvalue weighted by molar-refractivity contribution is -0.122. The number of nitrogens with two attached hydrogens (primary N) is 2. The Morgan fingerprint density at radius 3 is 2.60 bits per heavy atom. The first kappa shape index (κ1) is 14.4. The van der Waals surface area contributed by atoms with Gasteiger partial charge in [0.05, 0.1) is 11.6 Å². The number of primary amides is 1. The van der Waals surface area contributed by atoms with Crippen molar-refractivity contribution >= 4 is 5.91 Å². The van der Waals surface area contributed by atoms with E-state index >= 15 is 0 Å². The van der Waals surface area contributed by atoms with E-state index in [2.05, 4.69) is 13.8 Å². The highest BCUT2D eigenvalue weighted by molar-refractivity contribution is 5.83. The maximum Gasteiger partial charge on any atom is 0.237 e. The van der Waals surface area contributed by atoms with Crippen LogP contribution >= 0.6 is 0 Å². The van der Waals surface area contributed by atoms with Gasteiger partial charge in [0.2, 0.25) is 5.91 Å². The molecule has 0 fully saturated rings. The molecule has 2 atom stereocenters. The predicted molar refractivity (Wildman–Crippen MR) is 61.3 cm³/mol. The molecule has 0 aromatic carbocycles. The number of ether oxygens (including phenoxy) is 1. The van der Waals surface area contributed by atoms with Crippen LogP contribution in [-0.2, 0) is 9.53 Å². The van der Waals surface area contributed by atoms with Crippen molar-refractivity contribution in [3.05, 3.63) is 0 Å². The van der Waals surface area contributed by atoms with Crippen molar-refractivity contribution in [1.82, 2.24) is 0 Å². The molecule has 90 valence electrons. The fourth-order valence-corrected chi connectivity index (χ4v) is 1.34. The highest BCUT2D eigenvalue weighted by atomic mass is 16.5. The van der Waals surface area contributed by atoms with Gasteiger partial charge in [0, 0.05) is 6.61 Å². The molecular formula is C11H24N2O2. The fraction of sp³-hybridized carbons (Fsp3) is 0.909. The van der Waals surface area contributed by atoms with Crippen molar-refractivity contribution in [1.29, 1.82) is 0 Å². The third-order valence-corrected chi connectivity index (χ3v) is 2.50. The smallest absolute Gasteiger partial charge is 0.237 e. The first-order valence-corrected chi connectivity index (χ1v) is 5.60. The van der Waals surface area contributed by atoms with Gasteiger partial charge in [-0.1, -0.05) is 13.3 Å². The molecule has 15 heavy (non-hydrogen) atoms. The molecule has 0 aliphatic heterocycles. The van der Waals surface area contributed by atoms with Gasteiger partial charge in [-0.15, -0.1) is 0 Å². The molecule has 0 radical (unpaired) electrons. The van der Waals surface area contributed by atoms with Crippen LogP contribution in [0.3, 0.4) is 0 Å². The Hall–Kier alpha value is -0.610. The van der Waals surface area contributed by atoms with E-state index in [1.54, 1.807) is 6.92 Å². The third kappa shape index (κ3) is 6.47. The van der Waals surface area contributed by atoms with Gasteiger partial charge in [0.1, 0.15) is 0 Å². The number of hydrogen-bond acceptors (Lipinski definition) is 3. The van der Waals surface area contributed by atoms with Crippen molar-refractivity contribution in [2.24, 2.45) is 11.5 Å². The summed E-state index contributed by atoms with van der Waals surface area (Å²) >= 11 is 0. The molecule has 0 aliphatic rings. The van der Waals surface area contributed by atoms with Gasteiger partial charge in [-0.3, -0.25) is 4.79 Å². The molecule has 0 spiro atoms. The van der Waals surface area contributed by atoms with Gasteiger partial charge in [0.25, 0.3) is 0 Å². The van der Waals surface area contributed by atoms with Crippen molar-refractivity contribution in [2.75, 3.05) is 6.61 Å². The molecule has 4 nitrogen and oxygen atoms in total. The summed E-state index contributed by atoms with van der Waals surface area (Å²) in [5.41, 5.74) is 9.95. The zero-order valence-electron chi connectivity index (χ0n) is 10.1. The lowest BCUT2D eigenvalue weighted by Crippen LogP contribution is -2.49. The molecule has 4 N–H and O–H groups in total. The van der Waals surface area contributed by atoms with Crippen LogP contribution in [-0.4, -0.2) is 24.2 Å². The third-order valence-electron chi connectivity index (χ3n) is 2.50. The van der Waals surface area contributed by atoms with Crippen LogP contribution in [0.1, 0.15) is 46.5 Å². The van der Waals surface area contributed by atoms with E-state index in [9.17, 15) is 4.79 Å². The largest absolute Gasteiger partial charge is 0.379 e. The molecular weight excluding hydrogens is 192 g/mol. The summed E-state index contributed by atoms with van der Waals surface area (Å²) in [7, 11) is 0. The van der Waals surface area contributed by atoms with Crippen LogP contribution in [0.2, 0.25) is 0 Å². The van der Waals surface area contributed by atoms with Gasteiger partial charge in [0.15, 0.2) is 0 Å². The van der Waals surface area contributed by atoms with Crippen LogP contribution in [0.5, 0.6) is 0 Å². The van der Waals surface area contributed by atoms with Crippen molar-refractivity contribution in [3.8, 4) is 0 Å². The van der Waals surface area contributed by atoms with Gasteiger partial charge >= 0.3 is 0 Å². The minimum Gasteiger partial charge on any atom is -0.379 e. The Bertz CT molecular complexity index is 193. The zero-order valence-corrected chi connectivity index (χ0v) is 10.1. The molecule has 4 heteroatoms. The summed E-state index contributed by atoms with van der Waals surface area (Å²) in [4.78, 5) is 10.9. The molecule has 0 aromatic heterocycles. The molecule has 0 rings (SSSR count). The molecule has 0 saturated heterocycles. The zero-order chi connectivity index (χ0) is 11.9. The summed E-state index contributed by atoms with van der Waals surface area (Å²) in [6.07, 6.45) is 3.81. The van der Waals surface area contributed by atoms with E-state index in [1.165, 1.54) is 0 Å². The lowest BCUT2D eigenvalue weighted by Gasteiger charge is -2.20. The summed E-state index contributed by atoms with van der Waals surface area (Å²) in [5, 5.41) is 0. The lowest BCUT2D eigenvalue weighted by atomic mass is 9.97. The second-order valence-electron chi connectivity index (χ2n) is 4.36. The van der Waals surface area contributed by atoms with Crippen molar-refractivity contribution < 1.29 is 9.53 Å². The number of carbonyl (C=O) groups excluding carboxylic acids is 1. The van der Waals surface area contributed by atoms with E-state index in [4.69, 9.17) is 16.2 Å². The molecule has 1 amide bonds. The standard InChI is InChI=1S/C11H24N2O2/c1-4-6-9(2)15-8-5-7-11(3,13)10(12)14/h9H,4-8,13H2,1-3H3,(H2,12,14). The quantitative estimate of drug-likeness (QED) is 0.598. The van der Waals surface area contributed by atoms with Crippen molar-refractivity contribution in [2.45, 2.75) is 58.1 Å². The van der Waals surface area contributed by atoms with Gasteiger partial charge in [-0.2, -0.15) is 0 Å². The van der Waals surface area contributed by atoms with Crippen molar-refractivity contribution in [3.63, 3.8) is 0 Å². The maximum absolute atomic E-state index is 10.9. The molecule has 0 heterocycles. The first-order chi connectivity index (χ1) is 6.90. The number of carbonyl (C=O) groups is 1. The predicted octanol–water partition coefficient (Wildman–Crippen LogP) is 1.17. The summed E-state index contributed by atoms with van der Waals surface area (Å²) in [6.45, 7) is 6.48. The second kappa shape index (κ2) is 6.80. The minimum absolute atomic E-state index is 0.285. The molecule has 0 bridgehead atoms. The van der Waals surface area contributed by atoms with Gasteiger partial charge < -0.3 is 16.2 Å². The molecule has 2 unspecified atom stereocenters. The molecule has 0 aromatic rings. The summed E-state index contributed by atoms with van der Waals surface area (Å²) < 4.78 is 5.55. The van der Waals surface area contributed by atoms with Gasteiger partial charge in [-0.25, -0.2) is 0 Å². The number of rotatable bonds is 8. The van der Waals surface area contributed by atoms with E-state index in [-0.39, 0.29) is 6.10 Å². The van der Waals surface area contributed by atoms with Crippen LogP contribution in [0.15, 0.2) is 0 Å². The topological polar surface area (TPSA) is 78.3 Å². The van der Waals surface area contributed by atoms with E-state index < -0.39 is 11.4 Å². The van der Waals surface area contributed by atoms with Crippen LogP contribution < -0.4 is 11.5 Å². The van der Waals surface area contributed by atoms with Crippen LogP contribution in [0.4, 0.5) is 0 Å². The van der Waals surface area contributed by atoms with E-state index in [1.807, 2.05) is 0 Å².